The van der Waals surface area contributed by atoms with Gasteiger partial charge in [-0.2, -0.15) is 4.31 Å². The van der Waals surface area contributed by atoms with Crippen LogP contribution in [0.5, 0.6) is 0 Å². The molecule has 1 aromatic carbocycles. The summed E-state index contributed by atoms with van der Waals surface area (Å²) < 4.78 is 27.0. The number of non-ortho nitro benzene ring substituents is 1. The molecule has 1 aliphatic heterocycles. The topological polar surface area (TPSA) is 110 Å². The molecule has 1 aliphatic rings. The molecule has 8 nitrogen and oxygen atoms in total. The Balaban J connectivity index is 1.59. The lowest BCUT2D eigenvalue weighted by atomic mass is 9.97. The Morgan fingerprint density at radius 1 is 1.31 bits per heavy atom. The van der Waals surface area contributed by atoms with Gasteiger partial charge in [-0.25, -0.2) is 8.42 Å². The van der Waals surface area contributed by atoms with E-state index in [0.717, 1.165) is 18.6 Å². The molecule has 1 fully saturated rings. The number of nitrogens with one attached hydrogen (secondary N) is 1. The van der Waals surface area contributed by atoms with Gasteiger partial charge in [-0.05, 0) is 36.8 Å². The van der Waals surface area contributed by atoms with Crippen molar-refractivity contribution >= 4 is 44.6 Å². The zero-order valence-electron chi connectivity index (χ0n) is 15.4. The van der Waals surface area contributed by atoms with Crippen molar-refractivity contribution in [2.45, 2.75) is 24.2 Å². The fraction of sp³-hybridized carbons (Fsp3) is 0.389. The van der Waals surface area contributed by atoms with E-state index < -0.39 is 14.9 Å². The lowest BCUT2D eigenvalue weighted by Crippen LogP contribution is -2.43. The number of hydrogen-bond acceptors (Lipinski definition) is 6. The maximum atomic E-state index is 12.9. The second kappa shape index (κ2) is 9.21. The first-order chi connectivity index (χ1) is 13.8. The van der Waals surface area contributed by atoms with Gasteiger partial charge >= 0.3 is 0 Å². The van der Waals surface area contributed by atoms with Crippen molar-refractivity contribution in [3.8, 4) is 0 Å². The molecular weight excluding hydrogens is 438 g/mol. The van der Waals surface area contributed by atoms with Gasteiger partial charge < -0.3 is 5.32 Å². The number of amides is 1. The minimum absolute atomic E-state index is 0.0657. The number of nitro groups is 1. The van der Waals surface area contributed by atoms with Gasteiger partial charge in [-0.1, -0.05) is 17.7 Å². The highest BCUT2D eigenvalue weighted by Crippen LogP contribution is 2.31. The van der Waals surface area contributed by atoms with Crippen molar-refractivity contribution in [3.05, 3.63) is 55.7 Å². The SMILES string of the molecule is O=C(NCCc1cccs1)C1CCN(S(=O)(=O)c2cc([N+](=O)[O-])ccc2Cl)CC1. The fourth-order valence-electron chi connectivity index (χ4n) is 3.21. The van der Waals surface area contributed by atoms with Crippen LogP contribution in [0.25, 0.3) is 0 Å². The third-order valence-corrected chi connectivity index (χ3v) is 8.14. The van der Waals surface area contributed by atoms with Crippen molar-refractivity contribution in [2.75, 3.05) is 19.6 Å². The second-order valence-corrected chi connectivity index (χ2v) is 10.0. The Hall–Kier alpha value is -2.01. The number of hydrogen-bond donors (Lipinski definition) is 1. The van der Waals surface area contributed by atoms with Crippen molar-refractivity contribution < 1.29 is 18.1 Å². The summed E-state index contributed by atoms with van der Waals surface area (Å²) in [4.78, 5) is 23.6. The van der Waals surface area contributed by atoms with E-state index in [0.29, 0.717) is 19.4 Å². The number of carbonyl (C=O) groups excluding carboxylic acids is 1. The van der Waals surface area contributed by atoms with Gasteiger partial charge in [0.1, 0.15) is 4.90 Å². The number of benzene rings is 1. The van der Waals surface area contributed by atoms with E-state index in [-0.39, 0.29) is 40.5 Å². The summed E-state index contributed by atoms with van der Waals surface area (Å²) in [6, 6.07) is 7.32. The molecule has 29 heavy (non-hydrogen) atoms. The first-order valence-corrected chi connectivity index (χ1v) is 11.7. The zero-order chi connectivity index (χ0) is 21.0. The number of nitro benzene ring substituents is 1. The highest BCUT2D eigenvalue weighted by atomic mass is 35.5. The number of nitrogens with zero attached hydrogens (tertiary/aromatic N) is 2. The Labute approximate surface area is 177 Å². The van der Waals surface area contributed by atoms with Gasteiger partial charge in [-0.3, -0.25) is 14.9 Å². The molecule has 0 unspecified atom stereocenters. The lowest BCUT2D eigenvalue weighted by molar-refractivity contribution is -0.385. The van der Waals surface area contributed by atoms with Crippen molar-refractivity contribution in [1.82, 2.24) is 9.62 Å². The normalized spacial score (nSPS) is 15.9. The van der Waals surface area contributed by atoms with E-state index in [1.165, 1.54) is 15.2 Å². The molecule has 0 spiro atoms. The molecular formula is C18H20ClN3O5S2. The van der Waals surface area contributed by atoms with E-state index in [9.17, 15) is 23.3 Å². The summed E-state index contributed by atoms with van der Waals surface area (Å²) in [6.45, 7) is 0.857. The van der Waals surface area contributed by atoms with E-state index in [1.807, 2.05) is 17.5 Å². The average Bonchev–Trinajstić information content (AvgIpc) is 3.21. The molecule has 156 valence electrons. The summed E-state index contributed by atoms with van der Waals surface area (Å²) in [5.74, 6) is -0.336. The molecule has 1 aromatic heterocycles. The zero-order valence-corrected chi connectivity index (χ0v) is 17.8. The fourth-order valence-corrected chi connectivity index (χ4v) is 5.88. The van der Waals surface area contributed by atoms with Crippen LogP contribution in [-0.4, -0.2) is 43.2 Å². The van der Waals surface area contributed by atoms with Crippen molar-refractivity contribution in [1.29, 1.82) is 0 Å². The Morgan fingerprint density at radius 3 is 2.66 bits per heavy atom. The first-order valence-electron chi connectivity index (χ1n) is 9.03. The molecule has 0 bridgehead atoms. The minimum Gasteiger partial charge on any atom is -0.355 e. The summed E-state index contributed by atoms with van der Waals surface area (Å²) >= 11 is 7.63. The van der Waals surface area contributed by atoms with Gasteiger partial charge in [0.15, 0.2) is 0 Å². The van der Waals surface area contributed by atoms with Crippen molar-refractivity contribution in [2.24, 2.45) is 5.92 Å². The monoisotopic (exact) mass is 457 g/mol. The molecule has 0 radical (unpaired) electrons. The standard InChI is InChI=1S/C18H20ClN3O5S2/c19-16-4-3-14(22(24)25)12-17(16)29(26,27)21-9-6-13(7-10-21)18(23)20-8-5-15-2-1-11-28-15/h1-4,11-13H,5-10H2,(H,20,23). The molecule has 0 saturated carbocycles. The van der Waals surface area contributed by atoms with Gasteiger partial charge in [0, 0.05) is 42.6 Å². The quantitative estimate of drug-likeness (QED) is 0.507. The van der Waals surface area contributed by atoms with Crippen LogP contribution in [0, 0.1) is 16.0 Å². The Bertz CT molecular complexity index is 987. The third-order valence-electron chi connectivity index (χ3n) is 4.82. The van der Waals surface area contributed by atoms with Gasteiger partial charge in [-0.15, -0.1) is 11.3 Å². The van der Waals surface area contributed by atoms with E-state index in [1.54, 1.807) is 11.3 Å². The van der Waals surface area contributed by atoms with Gasteiger partial charge in [0.25, 0.3) is 5.69 Å². The third kappa shape index (κ3) is 5.13. The van der Waals surface area contributed by atoms with Crippen LogP contribution < -0.4 is 5.32 Å². The van der Waals surface area contributed by atoms with Crippen LogP contribution in [0.15, 0.2) is 40.6 Å². The number of rotatable bonds is 7. The summed E-state index contributed by atoms with van der Waals surface area (Å²) in [5, 5.41) is 15.8. The van der Waals surface area contributed by atoms with Gasteiger partial charge in [0.2, 0.25) is 15.9 Å². The second-order valence-electron chi connectivity index (χ2n) is 6.67. The predicted molar refractivity (Wildman–Crippen MR) is 111 cm³/mol. The molecule has 3 rings (SSSR count). The molecule has 11 heteroatoms. The Kier molecular flexibility index (Phi) is 6.89. The number of thiophene rings is 1. The average molecular weight is 458 g/mol. The van der Waals surface area contributed by atoms with Gasteiger partial charge in [0.05, 0.1) is 9.95 Å². The van der Waals surface area contributed by atoms with Crippen LogP contribution in [0.3, 0.4) is 0 Å². The molecule has 1 saturated heterocycles. The number of sulfonamides is 1. The molecule has 1 N–H and O–H groups in total. The maximum Gasteiger partial charge on any atom is 0.270 e. The summed E-state index contributed by atoms with van der Waals surface area (Å²) in [6.07, 6.45) is 1.54. The lowest BCUT2D eigenvalue weighted by Gasteiger charge is -2.30. The molecule has 2 aromatic rings. The van der Waals surface area contributed by atoms with Crippen LogP contribution in [0.4, 0.5) is 5.69 Å². The number of halogens is 1. The Morgan fingerprint density at radius 2 is 2.03 bits per heavy atom. The van der Waals surface area contributed by atoms with Crippen LogP contribution >= 0.6 is 22.9 Å². The smallest absolute Gasteiger partial charge is 0.270 e. The highest BCUT2D eigenvalue weighted by Gasteiger charge is 2.34. The van der Waals surface area contributed by atoms with Crippen LogP contribution in [0.2, 0.25) is 5.02 Å². The minimum atomic E-state index is -3.98. The van der Waals surface area contributed by atoms with Crippen LogP contribution in [0.1, 0.15) is 17.7 Å². The highest BCUT2D eigenvalue weighted by molar-refractivity contribution is 7.89. The maximum absolute atomic E-state index is 12.9. The largest absolute Gasteiger partial charge is 0.355 e. The molecule has 0 atom stereocenters. The first kappa shape index (κ1) is 21.7. The molecule has 0 aliphatic carbocycles. The van der Waals surface area contributed by atoms with Crippen molar-refractivity contribution in [3.63, 3.8) is 0 Å². The van der Waals surface area contributed by atoms with E-state index >= 15 is 0 Å². The molecule has 2 heterocycles. The summed E-state index contributed by atoms with van der Waals surface area (Å²) in [7, 11) is -3.98. The van der Waals surface area contributed by atoms with E-state index in [4.69, 9.17) is 11.6 Å². The summed E-state index contributed by atoms with van der Waals surface area (Å²) in [5.41, 5.74) is -0.340. The molecule has 1 amide bonds. The van der Waals surface area contributed by atoms with Crippen LogP contribution in [-0.2, 0) is 21.2 Å². The van der Waals surface area contributed by atoms with E-state index in [2.05, 4.69) is 5.32 Å². The number of piperidine rings is 1. The number of carbonyl (C=O) groups is 1. The predicted octanol–water partition coefficient (Wildman–Crippen LogP) is 3.07.